The summed E-state index contributed by atoms with van der Waals surface area (Å²) >= 11 is 0. The number of aryl methyl sites for hydroxylation is 1. The summed E-state index contributed by atoms with van der Waals surface area (Å²) in [5, 5.41) is 4.33. The van der Waals surface area contributed by atoms with E-state index in [-0.39, 0.29) is 18.2 Å². The molecule has 1 N–H and O–H groups in total. The number of benzene rings is 2. The summed E-state index contributed by atoms with van der Waals surface area (Å²) in [6.45, 7) is 1.70. The van der Waals surface area contributed by atoms with E-state index in [0.29, 0.717) is 5.56 Å². The third-order valence-electron chi connectivity index (χ3n) is 3.73. The summed E-state index contributed by atoms with van der Waals surface area (Å²) in [4.78, 5) is 12.5. The lowest BCUT2D eigenvalue weighted by molar-refractivity contribution is -0.153. The number of rotatable bonds is 3. The van der Waals surface area contributed by atoms with Crippen LogP contribution < -0.4 is 5.32 Å². The van der Waals surface area contributed by atoms with E-state index >= 15 is 0 Å². The highest BCUT2D eigenvalue weighted by Crippen LogP contribution is 2.30. The summed E-state index contributed by atoms with van der Waals surface area (Å²) in [5.74, 6) is -1.38. The van der Waals surface area contributed by atoms with Crippen LogP contribution in [0.1, 0.15) is 27.4 Å². The Kier molecular flexibility index (Phi) is 4.05. The van der Waals surface area contributed by atoms with Gasteiger partial charge in [-0.05, 0) is 35.4 Å². The molecule has 124 valence electrons. The number of halogens is 3. The first-order valence-corrected chi connectivity index (χ1v) is 7.29. The third-order valence-corrected chi connectivity index (χ3v) is 3.73. The Hall–Kier alpha value is -2.76. The van der Waals surface area contributed by atoms with Gasteiger partial charge in [-0.2, -0.15) is 13.2 Å². The molecule has 1 amide bonds. The monoisotopic (exact) mass is 333 g/mol. The topological polar surface area (TPSA) is 42.2 Å². The maximum absolute atomic E-state index is 12.5. The van der Waals surface area contributed by atoms with Gasteiger partial charge in [0.05, 0.1) is 12.1 Å². The Balaban J connectivity index is 1.81. The molecule has 1 aromatic heterocycles. The van der Waals surface area contributed by atoms with Gasteiger partial charge in [-0.1, -0.05) is 36.4 Å². The molecule has 0 aliphatic heterocycles. The summed E-state index contributed by atoms with van der Waals surface area (Å²) in [6, 6.07) is 13.3. The second-order valence-corrected chi connectivity index (χ2v) is 5.42. The smallest absolute Gasteiger partial charge is 0.449 e. The van der Waals surface area contributed by atoms with Crippen LogP contribution in [0.15, 0.2) is 52.9 Å². The predicted octanol–water partition coefficient (Wildman–Crippen LogP) is 4.69. The lowest BCUT2D eigenvalue weighted by Gasteiger charge is -2.10. The number of fused-ring (bicyclic) bond motifs is 1. The van der Waals surface area contributed by atoms with E-state index in [0.717, 1.165) is 22.4 Å². The maximum Gasteiger partial charge on any atom is 0.449 e. The molecule has 3 aromatic rings. The van der Waals surface area contributed by atoms with E-state index in [1.807, 2.05) is 43.3 Å². The normalized spacial score (nSPS) is 11.7. The first-order valence-electron chi connectivity index (χ1n) is 7.29. The minimum absolute atomic E-state index is 0.0496. The van der Waals surface area contributed by atoms with Gasteiger partial charge in [-0.15, -0.1) is 0 Å². The Bertz CT molecular complexity index is 897. The molecule has 2 aromatic carbocycles. The average Bonchev–Trinajstić information content (AvgIpc) is 3.02. The maximum atomic E-state index is 12.5. The summed E-state index contributed by atoms with van der Waals surface area (Å²) in [7, 11) is 0. The van der Waals surface area contributed by atoms with Crippen molar-refractivity contribution in [2.45, 2.75) is 19.6 Å². The lowest BCUT2D eigenvalue weighted by atomic mass is 9.99. The molecule has 0 aliphatic rings. The van der Waals surface area contributed by atoms with Gasteiger partial charge >= 0.3 is 6.18 Å². The Morgan fingerprint density at radius 2 is 1.83 bits per heavy atom. The van der Waals surface area contributed by atoms with E-state index in [2.05, 4.69) is 5.32 Å². The number of hydrogen-bond donors (Lipinski definition) is 1. The van der Waals surface area contributed by atoms with Gasteiger partial charge in [0.15, 0.2) is 0 Å². The first kappa shape index (κ1) is 16.1. The van der Waals surface area contributed by atoms with E-state index < -0.39 is 11.9 Å². The fraction of sp³-hybridized carbons (Fsp3) is 0.167. The van der Waals surface area contributed by atoms with Crippen LogP contribution in [-0.4, -0.2) is 5.91 Å². The lowest BCUT2D eigenvalue weighted by Crippen LogP contribution is -2.23. The number of carbonyl (C=O) groups excluding carboxylic acids is 1. The zero-order valence-corrected chi connectivity index (χ0v) is 12.8. The SMILES string of the molecule is Cc1ccc2ccccc2c1C(=O)NCc1ccc(C(F)(F)F)o1. The van der Waals surface area contributed by atoms with Crippen molar-refractivity contribution in [3.8, 4) is 0 Å². The Labute approximate surface area is 136 Å². The molecule has 3 nitrogen and oxygen atoms in total. The number of carbonyl (C=O) groups is 1. The largest absolute Gasteiger partial charge is 0.455 e. The number of alkyl halides is 3. The van der Waals surface area contributed by atoms with Gasteiger partial charge in [0, 0.05) is 0 Å². The average molecular weight is 333 g/mol. The van der Waals surface area contributed by atoms with Gasteiger partial charge in [0.25, 0.3) is 5.91 Å². The standard InChI is InChI=1S/C18H14F3NO2/c1-11-6-7-12-4-2-3-5-14(12)16(11)17(23)22-10-13-8-9-15(24-13)18(19,20)21/h2-9H,10H2,1H3,(H,22,23). The van der Waals surface area contributed by atoms with Gasteiger partial charge in [0.1, 0.15) is 5.76 Å². The molecular weight excluding hydrogens is 319 g/mol. The zero-order valence-electron chi connectivity index (χ0n) is 12.8. The number of amides is 1. The second kappa shape index (κ2) is 6.03. The number of hydrogen-bond acceptors (Lipinski definition) is 2. The molecule has 0 unspecified atom stereocenters. The van der Waals surface area contributed by atoms with E-state index in [1.54, 1.807) is 0 Å². The van der Waals surface area contributed by atoms with Gasteiger partial charge in [-0.25, -0.2) is 0 Å². The molecule has 0 atom stereocenters. The summed E-state index contributed by atoms with van der Waals surface area (Å²) in [6.07, 6.45) is -4.53. The van der Waals surface area contributed by atoms with Crippen LogP contribution in [0.2, 0.25) is 0 Å². The minimum Gasteiger partial charge on any atom is -0.455 e. The Morgan fingerprint density at radius 1 is 1.08 bits per heavy atom. The van der Waals surface area contributed by atoms with Crippen molar-refractivity contribution in [1.29, 1.82) is 0 Å². The van der Waals surface area contributed by atoms with Crippen molar-refractivity contribution < 1.29 is 22.4 Å². The van der Waals surface area contributed by atoms with Crippen molar-refractivity contribution in [2.24, 2.45) is 0 Å². The van der Waals surface area contributed by atoms with Crippen molar-refractivity contribution in [3.05, 3.63) is 71.2 Å². The van der Waals surface area contributed by atoms with Crippen LogP contribution in [0, 0.1) is 6.92 Å². The van der Waals surface area contributed by atoms with Gasteiger partial charge in [0.2, 0.25) is 5.76 Å². The minimum atomic E-state index is -4.53. The molecule has 3 rings (SSSR count). The quantitative estimate of drug-likeness (QED) is 0.755. The molecule has 0 spiro atoms. The fourth-order valence-corrected chi connectivity index (χ4v) is 2.56. The van der Waals surface area contributed by atoms with Crippen LogP contribution in [0.5, 0.6) is 0 Å². The Morgan fingerprint density at radius 3 is 2.54 bits per heavy atom. The molecule has 0 bridgehead atoms. The molecule has 0 saturated heterocycles. The van der Waals surface area contributed by atoms with E-state index in [1.165, 1.54) is 6.07 Å². The molecule has 24 heavy (non-hydrogen) atoms. The molecule has 0 aliphatic carbocycles. The van der Waals surface area contributed by atoms with E-state index in [9.17, 15) is 18.0 Å². The van der Waals surface area contributed by atoms with Crippen molar-refractivity contribution in [2.75, 3.05) is 0 Å². The molecular formula is C18H14F3NO2. The van der Waals surface area contributed by atoms with Crippen LogP contribution in [0.3, 0.4) is 0 Å². The third kappa shape index (κ3) is 3.13. The molecule has 0 radical (unpaired) electrons. The van der Waals surface area contributed by atoms with Crippen molar-refractivity contribution in [3.63, 3.8) is 0 Å². The van der Waals surface area contributed by atoms with Gasteiger partial charge < -0.3 is 9.73 Å². The van der Waals surface area contributed by atoms with Crippen LogP contribution in [0.4, 0.5) is 13.2 Å². The van der Waals surface area contributed by atoms with Gasteiger partial charge in [-0.3, -0.25) is 4.79 Å². The molecule has 6 heteroatoms. The zero-order chi connectivity index (χ0) is 17.3. The summed E-state index contributed by atoms with van der Waals surface area (Å²) in [5.41, 5.74) is 1.30. The van der Waals surface area contributed by atoms with Crippen LogP contribution in [0.25, 0.3) is 10.8 Å². The first-order chi connectivity index (χ1) is 11.4. The predicted molar refractivity (Wildman–Crippen MR) is 83.6 cm³/mol. The van der Waals surface area contributed by atoms with Crippen molar-refractivity contribution >= 4 is 16.7 Å². The highest BCUT2D eigenvalue weighted by Gasteiger charge is 2.34. The van der Waals surface area contributed by atoms with E-state index in [4.69, 9.17) is 4.42 Å². The van der Waals surface area contributed by atoms with Crippen molar-refractivity contribution in [1.82, 2.24) is 5.32 Å². The second-order valence-electron chi connectivity index (χ2n) is 5.42. The van der Waals surface area contributed by atoms with Crippen LogP contribution >= 0.6 is 0 Å². The summed E-state index contributed by atoms with van der Waals surface area (Å²) < 4.78 is 42.2. The number of nitrogens with one attached hydrogen (secondary N) is 1. The fourth-order valence-electron chi connectivity index (χ4n) is 2.56. The molecule has 0 saturated carbocycles. The molecule has 1 heterocycles. The van der Waals surface area contributed by atoms with Crippen LogP contribution in [-0.2, 0) is 12.7 Å². The number of furan rings is 1. The highest BCUT2D eigenvalue weighted by atomic mass is 19.4. The molecule has 0 fully saturated rings. The highest BCUT2D eigenvalue weighted by molar-refractivity contribution is 6.08.